The molecule has 0 aliphatic carbocycles. The highest BCUT2D eigenvalue weighted by molar-refractivity contribution is 5.85. The van der Waals surface area contributed by atoms with Crippen LogP contribution in [-0.2, 0) is 33.3 Å². The molecule has 2 aliphatic rings. The number of epoxide rings is 1. The molecule has 2 fully saturated rings. The zero-order chi connectivity index (χ0) is 23.0. The number of cyclic esters (lactones) is 1. The molecule has 0 aromatic carbocycles. The van der Waals surface area contributed by atoms with E-state index in [1.54, 1.807) is 0 Å². The molecule has 2 aliphatic heterocycles. The molecule has 0 spiro atoms. The lowest BCUT2D eigenvalue weighted by Gasteiger charge is -2.25. The van der Waals surface area contributed by atoms with Crippen molar-refractivity contribution in [1.29, 1.82) is 0 Å². The number of esters is 3. The number of fused-ring (bicyclic) bond motifs is 1. The summed E-state index contributed by atoms with van der Waals surface area (Å²) in [6.45, 7) is 8.80. The van der Waals surface area contributed by atoms with Gasteiger partial charge in [0.2, 0.25) is 0 Å². The first-order valence-corrected chi connectivity index (χ1v) is 10.5. The van der Waals surface area contributed by atoms with Crippen LogP contribution >= 0.6 is 0 Å². The van der Waals surface area contributed by atoms with Gasteiger partial charge in [-0.2, -0.15) is 0 Å². The van der Waals surface area contributed by atoms with Crippen molar-refractivity contribution >= 4 is 17.9 Å². The summed E-state index contributed by atoms with van der Waals surface area (Å²) in [5.41, 5.74) is 2.11. The summed E-state index contributed by atoms with van der Waals surface area (Å²) >= 11 is 0. The van der Waals surface area contributed by atoms with E-state index in [9.17, 15) is 14.4 Å². The van der Waals surface area contributed by atoms with Crippen LogP contribution in [0.3, 0.4) is 0 Å². The summed E-state index contributed by atoms with van der Waals surface area (Å²) in [4.78, 5) is 34.8. The molecule has 170 valence electrons. The molecule has 0 amide bonds. The zero-order valence-corrected chi connectivity index (χ0v) is 18.9. The molecular weight excluding hydrogens is 400 g/mol. The third-order valence-corrected chi connectivity index (χ3v) is 5.17. The molecule has 2 saturated heterocycles. The lowest BCUT2D eigenvalue weighted by atomic mass is 9.90. The molecule has 0 aromatic rings. The Labute approximate surface area is 183 Å². The highest BCUT2D eigenvalue weighted by Crippen LogP contribution is 2.49. The molecule has 7 heteroatoms. The average Bonchev–Trinajstić information content (AvgIpc) is 3.38. The van der Waals surface area contributed by atoms with E-state index in [-0.39, 0.29) is 6.10 Å². The molecule has 3 unspecified atom stereocenters. The average molecular weight is 433 g/mol. The first kappa shape index (κ1) is 24.6. The van der Waals surface area contributed by atoms with Crippen LogP contribution in [-0.4, -0.2) is 35.7 Å². The van der Waals surface area contributed by atoms with E-state index in [0.29, 0.717) is 18.4 Å². The summed E-state index contributed by atoms with van der Waals surface area (Å²) in [6, 6.07) is 0. The van der Waals surface area contributed by atoms with Crippen LogP contribution in [0.2, 0.25) is 0 Å². The SMILES string of the molecule is CC(=O)OC=CC(=COC(C)=O)C1CC2OC2(CCC=C(C)CCC=C(C)C)C(=O)O1. The van der Waals surface area contributed by atoms with Gasteiger partial charge in [0.05, 0.1) is 6.26 Å². The van der Waals surface area contributed by atoms with E-state index in [1.165, 1.54) is 43.6 Å². The van der Waals surface area contributed by atoms with Gasteiger partial charge in [-0.25, -0.2) is 4.79 Å². The number of hydrogen-bond acceptors (Lipinski definition) is 7. The second-order valence-corrected chi connectivity index (χ2v) is 8.17. The van der Waals surface area contributed by atoms with Crippen LogP contribution in [0, 0.1) is 0 Å². The third-order valence-electron chi connectivity index (χ3n) is 5.17. The van der Waals surface area contributed by atoms with Crippen molar-refractivity contribution in [2.45, 2.75) is 84.5 Å². The second-order valence-electron chi connectivity index (χ2n) is 8.17. The molecule has 0 N–H and O–H groups in total. The fourth-order valence-electron chi connectivity index (χ4n) is 3.44. The second kappa shape index (κ2) is 11.1. The largest absolute Gasteiger partial charge is 0.455 e. The number of allylic oxidation sites excluding steroid dienone is 4. The Balaban J connectivity index is 1.95. The number of rotatable bonds is 10. The highest BCUT2D eigenvalue weighted by Gasteiger charge is 2.66. The molecule has 7 nitrogen and oxygen atoms in total. The minimum atomic E-state index is -0.890. The summed E-state index contributed by atoms with van der Waals surface area (Å²) in [6.07, 6.45) is 11.0. The summed E-state index contributed by atoms with van der Waals surface area (Å²) in [5.74, 6) is -1.42. The van der Waals surface area contributed by atoms with E-state index in [0.717, 1.165) is 19.3 Å². The minimum Gasteiger partial charge on any atom is -0.455 e. The van der Waals surface area contributed by atoms with Crippen molar-refractivity contribution in [3.63, 3.8) is 0 Å². The van der Waals surface area contributed by atoms with Crippen molar-refractivity contribution in [2.24, 2.45) is 0 Å². The van der Waals surface area contributed by atoms with E-state index >= 15 is 0 Å². The molecule has 2 heterocycles. The van der Waals surface area contributed by atoms with Crippen molar-refractivity contribution in [3.8, 4) is 0 Å². The smallest absolute Gasteiger partial charge is 0.341 e. The quantitative estimate of drug-likeness (QED) is 0.126. The first-order chi connectivity index (χ1) is 14.6. The van der Waals surface area contributed by atoms with Crippen LogP contribution in [0.25, 0.3) is 0 Å². The van der Waals surface area contributed by atoms with Crippen LogP contribution in [0.15, 0.2) is 47.5 Å². The van der Waals surface area contributed by atoms with E-state index in [2.05, 4.69) is 32.9 Å². The van der Waals surface area contributed by atoms with Gasteiger partial charge in [-0.15, -0.1) is 0 Å². The Morgan fingerprint density at radius 1 is 1.06 bits per heavy atom. The van der Waals surface area contributed by atoms with Crippen LogP contribution in [0.5, 0.6) is 0 Å². The normalized spacial score (nSPS) is 25.5. The van der Waals surface area contributed by atoms with Gasteiger partial charge in [0.15, 0.2) is 5.60 Å². The molecule has 2 rings (SSSR count). The van der Waals surface area contributed by atoms with Crippen LogP contribution < -0.4 is 0 Å². The van der Waals surface area contributed by atoms with Crippen molar-refractivity contribution in [3.05, 3.63) is 47.5 Å². The van der Waals surface area contributed by atoms with Crippen molar-refractivity contribution in [1.82, 2.24) is 0 Å². The van der Waals surface area contributed by atoms with Gasteiger partial charge in [-0.1, -0.05) is 23.3 Å². The maximum absolute atomic E-state index is 12.7. The van der Waals surface area contributed by atoms with Gasteiger partial charge in [0, 0.05) is 25.8 Å². The predicted octanol–water partition coefficient (Wildman–Crippen LogP) is 4.44. The zero-order valence-electron chi connectivity index (χ0n) is 18.9. The van der Waals surface area contributed by atoms with Gasteiger partial charge < -0.3 is 18.9 Å². The Morgan fingerprint density at radius 2 is 1.77 bits per heavy atom. The van der Waals surface area contributed by atoms with Crippen molar-refractivity contribution < 1.29 is 33.3 Å². The van der Waals surface area contributed by atoms with Gasteiger partial charge >= 0.3 is 17.9 Å². The topological polar surface area (TPSA) is 91.4 Å². The fraction of sp³-hybridized carbons (Fsp3) is 0.542. The lowest BCUT2D eigenvalue weighted by molar-refractivity contribution is -0.155. The standard InChI is InChI=1S/C24H32O7/c1-16(2)8-6-9-17(3)10-7-12-24-22(31-24)14-21(30-23(24)27)20(15-29-19(5)26)11-13-28-18(4)25/h8,10-11,13,15,21-22H,6-7,9,12,14H2,1-5H3. The summed E-state index contributed by atoms with van der Waals surface area (Å²) in [5, 5.41) is 0. The Kier molecular flexibility index (Phi) is 8.80. The van der Waals surface area contributed by atoms with Crippen LogP contribution in [0.1, 0.15) is 66.7 Å². The Hall–Kier alpha value is -2.67. The fourth-order valence-corrected chi connectivity index (χ4v) is 3.44. The number of carbonyl (C=O) groups excluding carboxylic acids is 3. The first-order valence-electron chi connectivity index (χ1n) is 10.5. The third kappa shape index (κ3) is 7.51. The van der Waals surface area contributed by atoms with Gasteiger partial charge in [0.1, 0.15) is 18.5 Å². The number of carbonyl (C=O) groups is 3. The number of ether oxygens (including phenoxy) is 4. The lowest BCUT2D eigenvalue weighted by Crippen LogP contribution is -2.39. The van der Waals surface area contributed by atoms with Crippen molar-refractivity contribution in [2.75, 3.05) is 0 Å². The maximum Gasteiger partial charge on any atom is 0.341 e. The van der Waals surface area contributed by atoms with Gasteiger partial charge in [0.25, 0.3) is 0 Å². The molecule has 0 radical (unpaired) electrons. The molecular formula is C24H32O7. The Bertz CT molecular complexity index is 814. The summed E-state index contributed by atoms with van der Waals surface area (Å²) < 4.78 is 21.1. The molecule has 31 heavy (non-hydrogen) atoms. The monoisotopic (exact) mass is 432 g/mol. The molecule has 3 atom stereocenters. The van der Waals surface area contributed by atoms with E-state index in [4.69, 9.17) is 18.9 Å². The van der Waals surface area contributed by atoms with E-state index < -0.39 is 29.6 Å². The van der Waals surface area contributed by atoms with Crippen LogP contribution in [0.4, 0.5) is 0 Å². The highest BCUT2D eigenvalue weighted by atomic mass is 16.7. The molecule has 0 saturated carbocycles. The Morgan fingerprint density at radius 3 is 2.39 bits per heavy atom. The predicted molar refractivity (Wildman–Crippen MR) is 115 cm³/mol. The minimum absolute atomic E-state index is 0.249. The molecule has 0 bridgehead atoms. The maximum atomic E-state index is 12.7. The molecule has 0 aromatic heterocycles. The van der Waals surface area contributed by atoms with E-state index in [1.807, 2.05) is 0 Å². The summed E-state index contributed by atoms with van der Waals surface area (Å²) in [7, 11) is 0. The van der Waals surface area contributed by atoms with Gasteiger partial charge in [-0.05, 0) is 52.5 Å². The number of hydrogen-bond donors (Lipinski definition) is 0. The van der Waals surface area contributed by atoms with Gasteiger partial charge in [-0.3, -0.25) is 9.59 Å².